The van der Waals surface area contributed by atoms with E-state index in [-0.39, 0.29) is 24.0 Å². The maximum Gasteiger partial charge on any atom is 0.273 e. The van der Waals surface area contributed by atoms with Gasteiger partial charge in [-0.15, -0.1) is 0 Å². The molecule has 1 aliphatic carbocycles. The molecule has 34 heavy (non-hydrogen) atoms. The first-order valence-corrected chi connectivity index (χ1v) is 13.5. The fourth-order valence-corrected chi connectivity index (χ4v) is 7.06. The molecule has 3 fully saturated rings. The Hall–Kier alpha value is -2.27. The van der Waals surface area contributed by atoms with E-state index in [0.29, 0.717) is 42.5 Å². The molecule has 1 aromatic heterocycles. The van der Waals surface area contributed by atoms with Crippen LogP contribution in [0.4, 0.5) is 0 Å². The van der Waals surface area contributed by atoms with Crippen molar-refractivity contribution in [3.8, 4) is 0 Å². The van der Waals surface area contributed by atoms with Crippen molar-refractivity contribution in [2.24, 2.45) is 0 Å². The van der Waals surface area contributed by atoms with Gasteiger partial charge in [0.05, 0.1) is 11.5 Å². The van der Waals surface area contributed by atoms with Crippen molar-refractivity contribution < 1.29 is 22.5 Å². The summed E-state index contributed by atoms with van der Waals surface area (Å²) in [6, 6.07) is 8.55. The second kappa shape index (κ2) is 9.77. The van der Waals surface area contributed by atoms with Gasteiger partial charge in [-0.05, 0) is 56.2 Å². The van der Waals surface area contributed by atoms with Gasteiger partial charge in [0.2, 0.25) is 10.0 Å². The molecule has 1 saturated carbocycles. The minimum Gasteiger partial charge on any atom is -0.383 e. The van der Waals surface area contributed by atoms with Crippen LogP contribution < -0.4 is 10.6 Å². The Balaban J connectivity index is 1.20. The van der Waals surface area contributed by atoms with Crippen molar-refractivity contribution in [2.75, 3.05) is 20.3 Å². The molecule has 0 radical (unpaired) electrons. The molecule has 5 rings (SSSR count). The molecule has 9 nitrogen and oxygen atoms in total. The standard InChI is InChI=1S/C24H32N4O5S/c1-32-11-10-25-15-16-2-8-21(9-3-16)34(30,31)28-19-6-7-20(28)13-18(12-19)26-24(29)22-14-23(33-27-22)17-4-5-17/h2-3,8-9,14,17-20,25H,4-7,10-13,15H2,1H3,(H,26,29)/t18?,19-,20+. The van der Waals surface area contributed by atoms with Gasteiger partial charge in [0.15, 0.2) is 5.69 Å². The molecule has 3 heterocycles. The van der Waals surface area contributed by atoms with Gasteiger partial charge in [0.25, 0.3) is 5.91 Å². The summed E-state index contributed by atoms with van der Waals surface area (Å²) in [5.74, 6) is 0.938. The van der Waals surface area contributed by atoms with Crippen LogP contribution in [-0.2, 0) is 21.3 Å². The lowest BCUT2D eigenvalue weighted by molar-refractivity contribution is 0.0900. The summed E-state index contributed by atoms with van der Waals surface area (Å²) in [5.41, 5.74) is 1.33. The second-order valence-electron chi connectivity index (χ2n) is 9.56. The zero-order valence-corrected chi connectivity index (χ0v) is 20.2. The highest BCUT2D eigenvalue weighted by molar-refractivity contribution is 7.89. The van der Waals surface area contributed by atoms with E-state index in [1.165, 1.54) is 0 Å². The molecule has 0 spiro atoms. The Morgan fingerprint density at radius 2 is 1.85 bits per heavy atom. The number of piperidine rings is 1. The Morgan fingerprint density at radius 3 is 2.50 bits per heavy atom. The lowest BCUT2D eigenvalue weighted by atomic mass is 9.99. The molecule has 1 amide bonds. The molecule has 2 saturated heterocycles. The number of nitrogens with one attached hydrogen (secondary N) is 2. The van der Waals surface area contributed by atoms with E-state index in [1.54, 1.807) is 29.6 Å². The summed E-state index contributed by atoms with van der Waals surface area (Å²) >= 11 is 0. The number of hydrogen-bond acceptors (Lipinski definition) is 7. The fraction of sp³-hybridized carbons (Fsp3) is 0.583. The monoisotopic (exact) mass is 488 g/mol. The maximum atomic E-state index is 13.5. The van der Waals surface area contributed by atoms with E-state index in [0.717, 1.165) is 43.6 Å². The number of benzene rings is 1. The van der Waals surface area contributed by atoms with Crippen molar-refractivity contribution in [3.05, 3.63) is 47.3 Å². The van der Waals surface area contributed by atoms with Gasteiger partial charge in [0.1, 0.15) is 5.76 Å². The number of ether oxygens (including phenoxy) is 1. The number of nitrogens with zero attached hydrogens (tertiary/aromatic N) is 2. The minimum atomic E-state index is -3.59. The molecule has 2 aliphatic heterocycles. The number of aromatic nitrogens is 1. The highest BCUT2D eigenvalue weighted by Gasteiger charge is 2.47. The molecule has 2 N–H and O–H groups in total. The highest BCUT2D eigenvalue weighted by atomic mass is 32.2. The Morgan fingerprint density at radius 1 is 1.15 bits per heavy atom. The first-order chi connectivity index (χ1) is 16.5. The number of hydrogen-bond donors (Lipinski definition) is 2. The minimum absolute atomic E-state index is 0.0712. The van der Waals surface area contributed by atoms with Crippen LogP contribution in [0.1, 0.15) is 66.3 Å². The number of rotatable bonds is 10. The van der Waals surface area contributed by atoms with E-state index in [9.17, 15) is 13.2 Å². The van der Waals surface area contributed by atoms with Gasteiger partial charge in [-0.3, -0.25) is 4.79 Å². The van der Waals surface area contributed by atoms with Gasteiger partial charge >= 0.3 is 0 Å². The predicted octanol–water partition coefficient (Wildman–Crippen LogP) is 2.40. The van der Waals surface area contributed by atoms with Crippen molar-refractivity contribution in [1.29, 1.82) is 0 Å². The number of carbonyl (C=O) groups excluding carboxylic acids is 1. The summed E-state index contributed by atoms with van der Waals surface area (Å²) in [6.07, 6.45) is 5.01. The molecular formula is C24H32N4O5S. The molecule has 10 heteroatoms. The fourth-order valence-electron chi connectivity index (χ4n) is 5.17. The third kappa shape index (κ3) is 4.91. The van der Waals surface area contributed by atoms with Crippen LogP contribution in [-0.4, -0.2) is 62.2 Å². The molecule has 184 valence electrons. The molecule has 2 aromatic rings. The number of sulfonamides is 1. The van der Waals surface area contributed by atoms with Crippen LogP contribution in [0, 0.1) is 0 Å². The Labute approximate surface area is 200 Å². The summed E-state index contributed by atoms with van der Waals surface area (Å²) < 4.78 is 38.9. The van der Waals surface area contributed by atoms with Gasteiger partial charge in [0, 0.05) is 50.3 Å². The third-order valence-corrected chi connectivity index (χ3v) is 9.07. The largest absolute Gasteiger partial charge is 0.383 e. The third-order valence-electron chi connectivity index (χ3n) is 7.05. The molecule has 3 aliphatic rings. The van der Waals surface area contributed by atoms with Crippen LogP contribution in [0.3, 0.4) is 0 Å². The summed E-state index contributed by atoms with van der Waals surface area (Å²) in [5, 5.41) is 10.2. The number of fused-ring (bicyclic) bond motifs is 2. The first kappa shape index (κ1) is 23.5. The van der Waals surface area contributed by atoms with Crippen LogP contribution in [0.2, 0.25) is 0 Å². The zero-order valence-electron chi connectivity index (χ0n) is 19.4. The molecule has 1 aromatic carbocycles. The van der Waals surface area contributed by atoms with E-state index < -0.39 is 10.0 Å². The maximum absolute atomic E-state index is 13.5. The van der Waals surface area contributed by atoms with Crippen molar-refractivity contribution in [2.45, 2.75) is 74.0 Å². The molecule has 3 atom stereocenters. The van der Waals surface area contributed by atoms with Gasteiger partial charge in [-0.2, -0.15) is 4.31 Å². The van der Waals surface area contributed by atoms with Crippen LogP contribution in [0.15, 0.2) is 39.8 Å². The van der Waals surface area contributed by atoms with Crippen molar-refractivity contribution in [1.82, 2.24) is 20.1 Å². The highest BCUT2D eigenvalue weighted by Crippen LogP contribution is 2.41. The second-order valence-corrected chi connectivity index (χ2v) is 11.4. The zero-order chi connectivity index (χ0) is 23.7. The Kier molecular flexibility index (Phi) is 6.74. The molecular weight excluding hydrogens is 456 g/mol. The van der Waals surface area contributed by atoms with Crippen LogP contribution in [0.5, 0.6) is 0 Å². The molecule has 1 unspecified atom stereocenters. The average molecular weight is 489 g/mol. The van der Waals surface area contributed by atoms with Crippen LogP contribution in [0.25, 0.3) is 0 Å². The predicted molar refractivity (Wildman–Crippen MR) is 125 cm³/mol. The van der Waals surface area contributed by atoms with Gasteiger partial charge < -0.3 is 19.9 Å². The number of amides is 1. The summed E-state index contributed by atoms with van der Waals surface area (Å²) in [4.78, 5) is 13.0. The normalized spacial score (nSPS) is 24.9. The van der Waals surface area contributed by atoms with Crippen LogP contribution >= 0.6 is 0 Å². The molecule has 2 bridgehead atoms. The van der Waals surface area contributed by atoms with E-state index in [1.807, 2.05) is 12.1 Å². The number of methoxy groups -OCH3 is 1. The first-order valence-electron chi connectivity index (χ1n) is 12.1. The quantitative estimate of drug-likeness (QED) is 0.494. The van der Waals surface area contributed by atoms with Crippen molar-refractivity contribution in [3.63, 3.8) is 0 Å². The smallest absolute Gasteiger partial charge is 0.273 e. The van der Waals surface area contributed by atoms with E-state index >= 15 is 0 Å². The van der Waals surface area contributed by atoms with Gasteiger partial charge in [-0.1, -0.05) is 17.3 Å². The Bertz CT molecular complexity index is 1100. The SMILES string of the molecule is COCCNCc1ccc(S(=O)(=O)N2[C@@H]3CC[C@H]2CC(NC(=O)c2cc(C4CC4)on2)C3)cc1. The topological polar surface area (TPSA) is 114 Å². The lowest BCUT2D eigenvalue weighted by Crippen LogP contribution is -2.52. The summed E-state index contributed by atoms with van der Waals surface area (Å²) in [7, 11) is -1.94. The lowest BCUT2D eigenvalue weighted by Gasteiger charge is -2.38. The number of carbonyl (C=O) groups is 1. The van der Waals surface area contributed by atoms with Crippen molar-refractivity contribution >= 4 is 15.9 Å². The van der Waals surface area contributed by atoms with E-state index in [2.05, 4.69) is 15.8 Å². The average Bonchev–Trinajstić information content (AvgIpc) is 3.48. The summed E-state index contributed by atoms with van der Waals surface area (Å²) in [6.45, 7) is 2.03. The van der Waals surface area contributed by atoms with E-state index in [4.69, 9.17) is 9.26 Å². The van der Waals surface area contributed by atoms with Gasteiger partial charge in [-0.25, -0.2) is 8.42 Å².